The first kappa shape index (κ1) is 17.2. The monoisotopic (exact) mass is 353 g/mol. The van der Waals surface area contributed by atoms with Gasteiger partial charge in [0.25, 0.3) is 0 Å². The van der Waals surface area contributed by atoms with E-state index in [1.54, 1.807) is 7.11 Å². The maximum atomic E-state index is 14.1. The van der Waals surface area contributed by atoms with Crippen molar-refractivity contribution in [2.75, 3.05) is 13.7 Å². The molecule has 5 nitrogen and oxygen atoms in total. The van der Waals surface area contributed by atoms with Crippen molar-refractivity contribution >= 4 is 11.6 Å². The summed E-state index contributed by atoms with van der Waals surface area (Å²) in [4.78, 5) is 0. The lowest BCUT2D eigenvalue weighted by Crippen LogP contribution is -2.28. The van der Waals surface area contributed by atoms with Crippen molar-refractivity contribution in [2.24, 2.45) is 0 Å². The van der Waals surface area contributed by atoms with E-state index in [4.69, 9.17) is 16.3 Å². The molecular weight excluding hydrogens is 333 g/mol. The fourth-order valence-corrected chi connectivity index (χ4v) is 3.37. The van der Waals surface area contributed by atoms with Gasteiger partial charge in [0.2, 0.25) is 0 Å². The van der Waals surface area contributed by atoms with Crippen LogP contribution in [0.5, 0.6) is 5.75 Å². The topological polar surface area (TPSA) is 59.3 Å². The Hall–Kier alpha value is -1.63. The molecule has 0 fully saturated rings. The van der Waals surface area contributed by atoms with Gasteiger partial charge in [0.15, 0.2) is 0 Å². The standard InChI is InChI=1S/C17H21ClFN3O2/c1-24-8-7-22-17-11(9-21-22)3-2-4-14(17)20-10-12-15(23)6-5-13(18)16(12)19/h5-6,9,14,20,23H,2-4,7-8,10H2,1H3. The molecule has 1 heterocycles. The highest BCUT2D eigenvalue weighted by atomic mass is 35.5. The molecule has 1 aromatic carbocycles. The van der Waals surface area contributed by atoms with Gasteiger partial charge in [0.05, 0.1) is 30.1 Å². The predicted molar refractivity (Wildman–Crippen MR) is 89.7 cm³/mol. The van der Waals surface area contributed by atoms with E-state index in [1.807, 2.05) is 10.9 Å². The number of hydrogen-bond donors (Lipinski definition) is 2. The van der Waals surface area contributed by atoms with Crippen molar-refractivity contribution in [1.29, 1.82) is 0 Å². The van der Waals surface area contributed by atoms with Crippen molar-refractivity contribution in [3.63, 3.8) is 0 Å². The largest absolute Gasteiger partial charge is 0.508 e. The summed E-state index contributed by atoms with van der Waals surface area (Å²) >= 11 is 5.81. The molecule has 130 valence electrons. The van der Waals surface area contributed by atoms with E-state index in [9.17, 15) is 9.50 Å². The van der Waals surface area contributed by atoms with Crippen LogP contribution in [-0.2, 0) is 24.2 Å². The number of hydrogen-bond acceptors (Lipinski definition) is 4. The quantitative estimate of drug-likeness (QED) is 0.837. The molecule has 0 saturated heterocycles. The lowest BCUT2D eigenvalue weighted by atomic mass is 9.93. The SMILES string of the molecule is COCCn1ncc2c1C(NCc1c(O)ccc(Cl)c1F)CCC2. The van der Waals surface area contributed by atoms with Gasteiger partial charge >= 0.3 is 0 Å². The van der Waals surface area contributed by atoms with Crippen molar-refractivity contribution < 1.29 is 14.2 Å². The molecule has 0 amide bonds. The van der Waals surface area contributed by atoms with Gasteiger partial charge < -0.3 is 15.2 Å². The number of aromatic nitrogens is 2. The number of ether oxygens (including phenoxy) is 1. The Morgan fingerprint density at radius 3 is 3.12 bits per heavy atom. The van der Waals surface area contributed by atoms with Gasteiger partial charge in [-0.2, -0.15) is 5.10 Å². The average molecular weight is 354 g/mol. The van der Waals surface area contributed by atoms with Crippen LogP contribution in [0.15, 0.2) is 18.3 Å². The molecule has 0 bridgehead atoms. The number of nitrogens with one attached hydrogen (secondary N) is 1. The Balaban J connectivity index is 1.78. The van der Waals surface area contributed by atoms with E-state index in [1.165, 1.54) is 17.7 Å². The van der Waals surface area contributed by atoms with Crippen molar-refractivity contribution in [3.05, 3.63) is 46.0 Å². The zero-order chi connectivity index (χ0) is 17.1. The van der Waals surface area contributed by atoms with E-state index in [0.29, 0.717) is 13.2 Å². The van der Waals surface area contributed by atoms with E-state index in [-0.39, 0.29) is 28.9 Å². The second-order valence-corrected chi connectivity index (χ2v) is 6.36. The fraction of sp³-hybridized carbons (Fsp3) is 0.471. The molecule has 1 atom stereocenters. The van der Waals surface area contributed by atoms with Gasteiger partial charge in [-0.1, -0.05) is 11.6 Å². The third kappa shape index (κ3) is 3.41. The second kappa shape index (κ2) is 7.51. The minimum atomic E-state index is -0.576. The average Bonchev–Trinajstić information content (AvgIpc) is 3.00. The first-order chi connectivity index (χ1) is 11.6. The molecule has 0 aliphatic heterocycles. The van der Waals surface area contributed by atoms with Crippen LogP contribution < -0.4 is 5.32 Å². The van der Waals surface area contributed by atoms with Gasteiger partial charge in [-0.15, -0.1) is 0 Å². The third-order valence-electron chi connectivity index (χ3n) is 4.43. The number of phenolic OH excluding ortho intramolecular Hbond substituents is 1. The molecule has 2 aromatic rings. The highest BCUT2D eigenvalue weighted by Crippen LogP contribution is 2.31. The Morgan fingerprint density at radius 1 is 1.50 bits per heavy atom. The maximum Gasteiger partial charge on any atom is 0.149 e. The summed E-state index contributed by atoms with van der Waals surface area (Å²) in [7, 11) is 1.66. The van der Waals surface area contributed by atoms with Crippen LogP contribution in [0.25, 0.3) is 0 Å². The molecule has 0 radical (unpaired) electrons. The zero-order valence-electron chi connectivity index (χ0n) is 13.6. The normalized spacial score (nSPS) is 17.0. The summed E-state index contributed by atoms with van der Waals surface area (Å²) < 4.78 is 21.2. The lowest BCUT2D eigenvalue weighted by molar-refractivity contribution is 0.181. The number of phenols is 1. The number of rotatable bonds is 6. The molecule has 24 heavy (non-hydrogen) atoms. The van der Waals surface area contributed by atoms with Crippen molar-refractivity contribution in [1.82, 2.24) is 15.1 Å². The summed E-state index contributed by atoms with van der Waals surface area (Å²) in [5, 5.41) is 17.7. The second-order valence-electron chi connectivity index (χ2n) is 5.96. The molecule has 1 unspecified atom stereocenters. The zero-order valence-corrected chi connectivity index (χ0v) is 14.3. The van der Waals surface area contributed by atoms with Gasteiger partial charge in [0.1, 0.15) is 11.6 Å². The van der Waals surface area contributed by atoms with Gasteiger partial charge in [0, 0.05) is 25.3 Å². The maximum absolute atomic E-state index is 14.1. The summed E-state index contributed by atoms with van der Waals surface area (Å²) in [6, 6.07) is 2.83. The van der Waals surface area contributed by atoms with E-state index < -0.39 is 5.82 Å². The van der Waals surface area contributed by atoms with Gasteiger partial charge in [-0.05, 0) is 37.0 Å². The Labute approximate surface area is 145 Å². The Kier molecular flexibility index (Phi) is 5.38. The third-order valence-corrected chi connectivity index (χ3v) is 4.72. The van der Waals surface area contributed by atoms with Crippen LogP contribution in [0.3, 0.4) is 0 Å². The highest BCUT2D eigenvalue weighted by molar-refractivity contribution is 6.30. The number of aromatic hydroxyl groups is 1. The molecule has 0 saturated carbocycles. The molecule has 7 heteroatoms. The first-order valence-electron chi connectivity index (χ1n) is 8.04. The first-order valence-corrected chi connectivity index (χ1v) is 8.42. The van der Waals surface area contributed by atoms with Gasteiger partial charge in [-0.3, -0.25) is 4.68 Å². The molecule has 1 aromatic heterocycles. The van der Waals surface area contributed by atoms with Crippen LogP contribution in [0.2, 0.25) is 5.02 Å². The summed E-state index contributed by atoms with van der Waals surface area (Å²) in [6.07, 6.45) is 4.88. The van der Waals surface area contributed by atoms with Crippen molar-refractivity contribution in [2.45, 2.75) is 38.4 Å². The predicted octanol–water partition coefficient (Wildman–Crippen LogP) is 3.19. The number of fused-ring (bicyclic) bond motifs is 1. The van der Waals surface area contributed by atoms with Crippen LogP contribution in [0.4, 0.5) is 4.39 Å². The number of nitrogens with zero attached hydrogens (tertiary/aromatic N) is 2. The smallest absolute Gasteiger partial charge is 0.149 e. The number of halogens is 2. The van der Waals surface area contributed by atoms with E-state index in [0.717, 1.165) is 25.0 Å². The molecule has 1 aliphatic rings. The van der Waals surface area contributed by atoms with E-state index >= 15 is 0 Å². The summed E-state index contributed by atoms with van der Waals surface area (Å²) in [5.41, 5.74) is 2.53. The minimum Gasteiger partial charge on any atom is -0.508 e. The highest BCUT2D eigenvalue weighted by Gasteiger charge is 2.25. The summed E-state index contributed by atoms with van der Waals surface area (Å²) in [5.74, 6) is -0.665. The van der Waals surface area contributed by atoms with Crippen molar-refractivity contribution in [3.8, 4) is 5.75 Å². The fourth-order valence-electron chi connectivity index (χ4n) is 3.19. The molecular formula is C17H21ClFN3O2. The Morgan fingerprint density at radius 2 is 2.33 bits per heavy atom. The van der Waals surface area contributed by atoms with E-state index in [2.05, 4.69) is 10.4 Å². The molecule has 3 rings (SSSR count). The molecule has 1 aliphatic carbocycles. The number of aryl methyl sites for hydroxylation is 1. The van der Waals surface area contributed by atoms with Crippen LogP contribution in [-0.4, -0.2) is 28.6 Å². The summed E-state index contributed by atoms with van der Waals surface area (Å²) in [6.45, 7) is 1.48. The van der Waals surface area contributed by atoms with Gasteiger partial charge in [-0.25, -0.2) is 4.39 Å². The molecule has 0 spiro atoms. The van der Waals surface area contributed by atoms with Crippen LogP contribution in [0.1, 0.15) is 35.7 Å². The minimum absolute atomic E-state index is 0.0130. The lowest BCUT2D eigenvalue weighted by Gasteiger charge is -2.26. The van der Waals surface area contributed by atoms with Crippen LogP contribution >= 0.6 is 11.6 Å². The number of benzene rings is 1. The number of methoxy groups -OCH3 is 1. The Bertz CT molecular complexity index is 720. The van der Waals surface area contributed by atoms with Crippen LogP contribution in [0, 0.1) is 5.82 Å². The molecule has 2 N–H and O–H groups in total.